The van der Waals surface area contributed by atoms with Gasteiger partial charge in [-0.2, -0.15) is 9.13 Å². The fourth-order valence-corrected chi connectivity index (χ4v) is 5.78. The lowest BCUT2D eigenvalue weighted by Gasteiger charge is -2.22. The van der Waals surface area contributed by atoms with Crippen LogP contribution in [0.1, 0.15) is 131 Å². The zero-order valence-corrected chi connectivity index (χ0v) is 25.2. The van der Waals surface area contributed by atoms with Gasteiger partial charge < -0.3 is 0 Å². The molecule has 4 rings (SSSR count). The van der Waals surface area contributed by atoms with Gasteiger partial charge in [0.05, 0.1) is 5.92 Å². The minimum atomic E-state index is 0.200. The van der Waals surface area contributed by atoms with E-state index in [1.807, 2.05) is 0 Å². The molecule has 1 aromatic heterocycles. The topological polar surface area (TPSA) is 8.81 Å². The SMILES string of the molecule is Cc1ccc(C(C)c2n(-c3c(C(C)C)cccc3C(C)C)cc[n+]2-c2c(C(C)C)cccc2C(C)C)cc1. The molecule has 1 atom stereocenters. The van der Waals surface area contributed by atoms with Crippen molar-refractivity contribution in [1.29, 1.82) is 0 Å². The van der Waals surface area contributed by atoms with Crippen molar-refractivity contribution in [1.82, 2.24) is 4.57 Å². The van der Waals surface area contributed by atoms with Crippen LogP contribution in [-0.4, -0.2) is 4.57 Å². The van der Waals surface area contributed by atoms with Crippen LogP contribution in [0.15, 0.2) is 73.1 Å². The Morgan fingerprint density at radius 2 is 1.03 bits per heavy atom. The zero-order chi connectivity index (χ0) is 27.7. The van der Waals surface area contributed by atoms with E-state index >= 15 is 0 Å². The maximum Gasteiger partial charge on any atom is 0.274 e. The van der Waals surface area contributed by atoms with Crippen molar-refractivity contribution < 1.29 is 4.57 Å². The number of hydrogen-bond acceptors (Lipinski definition) is 0. The Bertz CT molecular complexity index is 1250. The minimum Gasteiger partial charge on any atom is -0.198 e. The molecule has 0 aliphatic heterocycles. The smallest absolute Gasteiger partial charge is 0.198 e. The summed E-state index contributed by atoms with van der Waals surface area (Å²) in [5.74, 6) is 3.21. The normalized spacial score (nSPS) is 12.8. The molecule has 0 fully saturated rings. The first-order chi connectivity index (χ1) is 18.0. The van der Waals surface area contributed by atoms with Crippen LogP contribution in [0.25, 0.3) is 11.4 Å². The van der Waals surface area contributed by atoms with Gasteiger partial charge in [-0.3, -0.25) is 0 Å². The van der Waals surface area contributed by atoms with Crippen molar-refractivity contribution in [3.05, 3.63) is 112 Å². The summed E-state index contributed by atoms with van der Waals surface area (Å²) in [5.41, 5.74) is 10.9. The van der Waals surface area contributed by atoms with Crippen molar-refractivity contribution in [2.75, 3.05) is 0 Å². The van der Waals surface area contributed by atoms with Crippen LogP contribution in [0.4, 0.5) is 0 Å². The Labute approximate surface area is 231 Å². The first kappa shape index (κ1) is 27.9. The maximum atomic E-state index is 2.51. The molecule has 3 aromatic carbocycles. The number of imidazole rings is 1. The van der Waals surface area contributed by atoms with Gasteiger partial charge in [0.2, 0.25) is 0 Å². The van der Waals surface area contributed by atoms with Crippen LogP contribution in [0, 0.1) is 6.92 Å². The number of rotatable bonds is 8. The molecule has 2 nitrogen and oxygen atoms in total. The lowest BCUT2D eigenvalue weighted by molar-refractivity contribution is -0.605. The summed E-state index contributed by atoms with van der Waals surface area (Å²) in [4.78, 5) is 0. The van der Waals surface area contributed by atoms with Gasteiger partial charge in [-0.15, -0.1) is 0 Å². The van der Waals surface area contributed by atoms with E-state index in [1.165, 1.54) is 50.6 Å². The Kier molecular flexibility index (Phi) is 8.31. The fourth-order valence-electron chi connectivity index (χ4n) is 5.78. The second-order valence-corrected chi connectivity index (χ2v) is 12.2. The van der Waals surface area contributed by atoms with Crippen LogP contribution in [-0.2, 0) is 0 Å². The zero-order valence-electron chi connectivity index (χ0n) is 25.2. The van der Waals surface area contributed by atoms with E-state index < -0.39 is 0 Å². The van der Waals surface area contributed by atoms with Crippen LogP contribution < -0.4 is 4.57 Å². The van der Waals surface area contributed by atoms with E-state index in [2.05, 4.69) is 151 Å². The summed E-state index contributed by atoms with van der Waals surface area (Å²) in [6, 6.07) is 22.8. The van der Waals surface area contributed by atoms with Crippen molar-refractivity contribution in [2.24, 2.45) is 0 Å². The quantitative estimate of drug-likeness (QED) is 0.210. The lowest BCUT2D eigenvalue weighted by atomic mass is 9.91. The highest BCUT2D eigenvalue weighted by Gasteiger charge is 2.33. The largest absolute Gasteiger partial charge is 0.274 e. The Balaban J connectivity index is 2.13. The summed E-state index contributed by atoms with van der Waals surface area (Å²) in [7, 11) is 0. The number of aromatic nitrogens is 2. The first-order valence-electron chi connectivity index (χ1n) is 14.5. The third-order valence-electron chi connectivity index (χ3n) is 7.99. The number of para-hydroxylation sites is 2. The molecule has 0 spiro atoms. The summed E-state index contributed by atoms with van der Waals surface area (Å²) in [6.45, 7) is 23.0. The van der Waals surface area contributed by atoms with Gasteiger partial charge in [-0.1, -0.05) is 122 Å². The molecule has 0 bridgehead atoms. The molecule has 0 N–H and O–H groups in total. The predicted molar refractivity (Wildman–Crippen MR) is 162 cm³/mol. The average molecular weight is 508 g/mol. The lowest BCUT2D eigenvalue weighted by Crippen LogP contribution is -2.39. The van der Waals surface area contributed by atoms with Crippen LogP contribution in [0.3, 0.4) is 0 Å². The number of aryl methyl sites for hydroxylation is 1. The second kappa shape index (κ2) is 11.3. The van der Waals surface area contributed by atoms with E-state index in [9.17, 15) is 0 Å². The van der Waals surface area contributed by atoms with Crippen LogP contribution in [0.5, 0.6) is 0 Å². The van der Waals surface area contributed by atoms with Crippen molar-refractivity contribution in [2.45, 2.75) is 98.8 Å². The van der Waals surface area contributed by atoms with Gasteiger partial charge >= 0.3 is 0 Å². The van der Waals surface area contributed by atoms with E-state index in [4.69, 9.17) is 0 Å². The Morgan fingerprint density at radius 1 is 0.579 bits per heavy atom. The summed E-state index contributed by atoms with van der Waals surface area (Å²) >= 11 is 0. The highest BCUT2D eigenvalue weighted by atomic mass is 15.2. The molecular weight excluding hydrogens is 460 g/mol. The van der Waals surface area contributed by atoms with Gasteiger partial charge in [0, 0.05) is 22.3 Å². The summed E-state index contributed by atoms with van der Waals surface area (Å²) in [6.07, 6.45) is 4.63. The third kappa shape index (κ3) is 5.23. The third-order valence-corrected chi connectivity index (χ3v) is 7.99. The molecule has 1 heterocycles. The summed E-state index contributed by atoms with van der Waals surface area (Å²) < 4.78 is 5.02. The van der Waals surface area contributed by atoms with Gasteiger partial charge in [0.1, 0.15) is 23.8 Å². The van der Waals surface area contributed by atoms with E-state index in [1.54, 1.807) is 0 Å². The molecule has 4 aromatic rings. The Morgan fingerprint density at radius 3 is 1.47 bits per heavy atom. The number of hydrogen-bond donors (Lipinski definition) is 0. The molecule has 0 saturated carbocycles. The predicted octanol–water partition coefficient (Wildman–Crippen LogP) is 9.71. The minimum absolute atomic E-state index is 0.200. The van der Waals surface area contributed by atoms with Crippen molar-refractivity contribution in [3.8, 4) is 11.4 Å². The molecule has 0 radical (unpaired) electrons. The number of nitrogens with zero attached hydrogens (tertiary/aromatic N) is 2. The maximum absolute atomic E-state index is 2.51. The van der Waals surface area contributed by atoms with Crippen molar-refractivity contribution >= 4 is 0 Å². The van der Waals surface area contributed by atoms with E-state index in [-0.39, 0.29) is 5.92 Å². The van der Waals surface area contributed by atoms with Crippen LogP contribution in [0.2, 0.25) is 0 Å². The van der Waals surface area contributed by atoms with Crippen molar-refractivity contribution in [3.63, 3.8) is 0 Å². The van der Waals surface area contributed by atoms with Gasteiger partial charge in [0.15, 0.2) is 0 Å². The standard InChI is InChI=1S/C36H47N2/c1-23(2)30-13-11-14-31(24(3)4)34(30)37-21-22-38(36(37)28(10)29-19-17-27(9)18-20-29)35-32(25(5)6)15-12-16-33(35)26(7)8/h11-26,28H,1-10H3/q+1. The molecule has 0 saturated heterocycles. The van der Waals surface area contributed by atoms with Gasteiger partial charge in [0.25, 0.3) is 5.82 Å². The average Bonchev–Trinajstić information content (AvgIpc) is 3.32. The monoisotopic (exact) mass is 507 g/mol. The number of benzene rings is 3. The molecule has 1 unspecified atom stereocenters. The van der Waals surface area contributed by atoms with Gasteiger partial charge in [-0.05, 0) is 43.1 Å². The summed E-state index contributed by atoms with van der Waals surface area (Å²) in [5, 5.41) is 0. The second-order valence-electron chi connectivity index (χ2n) is 12.2. The molecule has 2 heteroatoms. The van der Waals surface area contributed by atoms with E-state index in [0.29, 0.717) is 23.7 Å². The molecule has 0 aliphatic rings. The molecule has 0 aliphatic carbocycles. The molecule has 38 heavy (non-hydrogen) atoms. The first-order valence-corrected chi connectivity index (χ1v) is 14.5. The Hall–Kier alpha value is -3.13. The van der Waals surface area contributed by atoms with Gasteiger partial charge in [-0.25, -0.2) is 0 Å². The highest BCUT2D eigenvalue weighted by molar-refractivity contribution is 5.53. The molecule has 0 amide bonds. The molecular formula is C36H47N2+. The highest BCUT2D eigenvalue weighted by Crippen LogP contribution is 2.36. The van der Waals surface area contributed by atoms with Crippen LogP contribution >= 0.6 is 0 Å². The molecule has 200 valence electrons. The van der Waals surface area contributed by atoms with E-state index in [0.717, 1.165) is 0 Å². The fraction of sp³-hybridized carbons (Fsp3) is 0.417.